The van der Waals surface area contributed by atoms with Gasteiger partial charge in [0.1, 0.15) is 5.82 Å². The summed E-state index contributed by atoms with van der Waals surface area (Å²) in [4.78, 5) is 24.6. The van der Waals surface area contributed by atoms with E-state index in [1.807, 2.05) is 32.0 Å². The topological polar surface area (TPSA) is 88.9 Å². The van der Waals surface area contributed by atoms with Crippen molar-refractivity contribution in [3.05, 3.63) is 70.8 Å². The fourth-order valence-electron chi connectivity index (χ4n) is 2.96. The van der Waals surface area contributed by atoms with Crippen LogP contribution in [0.3, 0.4) is 0 Å². The molecule has 2 aromatic carbocycles. The summed E-state index contributed by atoms with van der Waals surface area (Å²) >= 11 is 1.24. The average molecular weight is 442 g/mol. The molecule has 1 heterocycles. The number of nitrogens with zero attached hydrogens (tertiary/aromatic N) is 3. The Bertz CT molecular complexity index is 1120. The number of aryl methyl sites for hydroxylation is 2. The van der Waals surface area contributed by atoms with Crippen molar-refractivity contribution in [2.24, 2.45) is 7.05 Å². The molecule has 2 amide bonds. The maximum atomic E-state index is 13.8. The molecule has 1 atom stereocenters. The van der Waals surface area contributed by atoms with E-state index in [0.717, 1.165) is 16.8 Å². The van der Waals surface area contributed by atoms with Gasteiger partial charge in [0.2, 0.25) is 5.91 Å². The summed E-state index contributed by atoms with van der Waals surface area (Å²) < 4.78 is 15.5. The minimum Gasteiger partial charge on any atom is -0.342 e. The Hall–Kier alpha value is -3.20. The Labute approximate surface area is 184 Å². The number of hydrogen-bond acceptors (Lipinski definition) is 5. The lowest BCUT2D eigenvalue weighted by Gasteiger charge is -2.14. The highest BCUT2D eigenvalue weighted by Gasteiger charge is 2.20. The third-order valence-electron chi connectivity index (χ3n) is 4.84. The highest BCUT2D eigenvalue weighted by molar-refractivity contribution is 7.99. The number of aromatic nitrogens is 3. The zero-order chi connectivity index (χ0) is 22.5. The largest absolute Gasteiger partial charge is 0.342 e. The minimum absolute atomic E-state index is 0.0332. The van der Waals surface area contributed by atoms with E-state index in [0.29, 0.717) is 11.0 Å². The number of rotatable bonds is 7. The molecular weight excluding hydrogens is 417 g/mol. The Kier molecular flexibility index (Phi) is 7.06. The van der Waals surface area contributed by atoms with E-state index in [1.165, 1.54) is 30.0 Å². The number of carbonyl (C=O) groups is 2. The van der Waals surface area contributed by atoms with Crippen molar-refractivity contribution in [2.75, 3.05) is 11.1 Å². The fraction of sp³-hybridized carbons (Fsp3) is 0.273. The van der Waals surface area contributed by atoms with Crippen LogP contribution in [0.5, 0.6) is 0 Å². The van der Waals surface area contributed by atoms with Gasteiger partial charge in [-0.15, -0.1) is 10.2 Å². The van der Waals surface area contributed by atoms with Crippen molar-refractivity contribution in [2.45, 2.75) is 32.0 Å². The van der Waals surface area contributed by atoms with E-state index in [2.05, 4.69) is 20.8 Å². The molecule has 1 aromatic heterocycles. The molecule has 7 nitrogen and oxygen atoms in total. The molecule has 0 saturated carbocycles. The van der Waals surface area contributed by atoms with Crippen molar-refractivity contribution in [3.8, 4) is 0 Å². The van der Waals surface area contributed by atoms with Crippen LogP contribution in [0.1, 0.15) is 40.3 Å². The second-order valence-corrected chi connectivity index (χ2v) is 8.15. The normalized spacial score (nSPS) is 11.8. The first kappa shape index (κ1) is 22.5. The van der Waals surface area contributed by atoms with Crippen LogP contribution in [-0.4, -0.2) is 32.3 Å². The van der Waals surface area contributed by atoms with Crippen LogP contribution in [-0.2, 0) is 11.8 Å². The summed E-state index contributed by atoms with van der Waals surface area (Å²) in [6, 6.07) is 11.0. The van der Waals surface area contributed by atoms with E-state index in [1.54, 1.807) is 24.6 Å². The van der Waals surface area contributed by atoms with Gasteiger partial charge in [0, 0.05) is 12.7 Å². The summed E-state index contributed by atoms with van der Waals surface area (Å²) in [5, 5.41) is 14.4. The number of thioether (sulfide) groups is 1. The van der Waals surface area contributed by atoms with E-state index in [-0.39, 0.29) is 17.2 Å². The zero-order valence-electron chi connectivity index (χ0n) is 17.8. The Morgan fingerprint density at radius 1 is 1.13 bits per heavy atom. The predicted molar refractivity (Wildman–Crippen MR) is 119 cm³/mol. The highest BCUT2D eigenvalue weighted by atomic mass is 32.2. The van der Waals surface area contributed by atoms with E-state index in [9.17, 15) is 14.0 Å². The van der Waals surface area contributed by atoms with Crippen LogP contribution in [0.2, 0.25) is 0 Å². The summed E-state index contributed by atoms with van der Waals surface area (Å²) in [7, 11) is 1.75. The van der Waals surface area contributed by atoms with Crippen LogP contribution in [0.4, 0.5) is 10.1 Å². The van der Waals surface area contributed by atoms with Gasteiger partial charge in [-0.2, -0.15) is 0 Å². The van der Waals surface area contributed by atoms with Crippen LogP contribution in [0.15, 0.2) is 47.6 Å². The average Bonchev–Trinajstić information content (AvgIpc) is 3.10. The third-order valence-corrected chi connectivity index (χ3v) is 5.87. The molecule has 3 aromatic rings. The number of hydrogen-bond donors (Lipinski definition) is 2. The van der Waals surface area contributed by atoms with Crippen LogP contribution in [0.25, 0.3) is 0 Å². The van der Waals surface area contributed by atoms with E-state index in [4.69, 9.17) is 0 Å². The summed E-state index contributed by atoms with van der Waals surface area (Å²) in [5.41, 5.74) is 2.98. The van der Waals surface area contributed by atoms with Gasteiger partial charge in [-0.05, 0) is 56.2 Å². The number of halogens is 1. The van der Waals surface area contributed by atoms with Gasteiger partial charge in [-0.3, -0.25) is 9.59 Å². The van der Waals surface area contributed by atoms with Gasteiger partial charge in [0.15, 0.2) is 11.0 Å². The fourth-order valence-corrected chi connectivity index (χ4v) is 3.68. The molecule has 0 aliphatic heterocycles. The third kappa shape index (κ3) is 5.49. The molecule has 9 heteroatoms. The van der Waals surface area contributed by atoms with Crippen LogP contribution >= 0.6 is 11.8 Å². The predicted octanol–water partition coefficient (Wildman–Crippen LogP) is 3.79. The molecule has 2 N–H and O–H groups in total. The summed E-state index contributed by atoms with van der Waals surface area (Å²) in [6.07, 6.45) is 0. The van der Waals surface area contributed by atoms with Crippen molar-refractivity contribution < 1.29 is 14.0 Å². The van der Waals surface area contributed by atoms with Crippen molar-refractivity contribution >= 4 is 29.3 Å². The van der Waals surface area contributed by atoms with Gasteiger partial charge in [0.05, 0.1) is 17.4 Å². The molecule has 3 rings (SSSR count). The monoisotopic (exact) mass is 441 g/mol. The molecule has 0 bridgehead atoms. The number of carbonyl (C=O) groups excluding carboxylic acids is 2. The van der Waals surface area contributed by atoms with Crippen LogP contribution in [0, 0.1) is 19.7 Å². The van der Waals surface area contributed by atoms with Crippen molar-refractivity contribution in [1.82, 2.24) is 20.1 Å². The first-order valence-electron chi connectivity index (χ1n) is 9.71. The second-order valence-electron chi connectivity index (χ2n) is 7.21. The lowest BCUT2D eigenvalue weighted by molar-refractivity contribution is -0.113. The van der Waals surface area contributed by atoms with E-state index < -0.39 is 17.8 Å². The number of anilines is 1. The molecule has 0 fully saturated rings. The maximum Gasteiger partial charge on any atom is 0.254 e. The quantitative estimate of drug-likeness (QED) is 0.545. The molecule has 0 aliphatic rings. The molecule has 162 valence electrons. The van der Waals surface area contributed by atoms with Gasteiger partial charge in [-0.25, -0.2) is 4.39 Å². The molecule has 0 unspecified atom stereocenters. The molecule has 0 aliphatic carbocycles. The Balaban J connectivity index is 1.59. The summed E-state index contributed by atoms with van der Waals surface area (Å²) in [6.45, 7) is 5.75. The van der Waals surface area contributed by atoms with Gasteiger partial charge in [0.25, 0.3) is 5.91 Å². The van der Waals surface area contributed by atoms with Gasteiger partial charge < -0.3 is 15.2 Å². The SMILES string of the molecule is Cc1ccc(NC(=O)CSc2nnc([C@@H](C)NC(=O)c3ccccc3F)n2C)cc1C. The molecule has 0 radical (unpaired) electrons. The zero-order valence-corrected chi connectivity index (χ0v) is 18.6. The smallest absolute Gasteiger partial charge is 0.254 e. The number of amides is 2. The van der Waals surface area contributed by atoms with Gasteiger partial charge >= 0.3 is 0 Å². The lowest BCUT2D eigenvalue weighted by Crippen LogP contribution is -2.29. The van der Waals surface area contributed by atoms with Gasteiger partial charge in [-0.1, -0.05) is 30.0 Å². The second kappa shape index (κ2) is 9.74. The van der Waals surface area contributed by atoms with E-state index >= 15 is 0 Å². The first-order chi connectivity index (χ1) is 14.8. The molecule has 0 saturated heterocycles. The number of benzene rings is 2. The molecule has 0 spiro atoms. The minimum atomic E-state index is -0.587. The number of nitrogens with one attached hydrogen (secondary N) is 2. The summed E-state index contributed by atoms with van der Waals surface area (Å²) in [5.74, 6) is -0.610. The maximum absolute atomic E-state index is 13.8. The molecule has 31 heavy (non-hydrogen) atoms. The van der Waals surface area contributed by atoms with Crippen molar-refractivity contribution in [3.63, 3.8) is 0 Å². The standard InChI is InChI=1S/C22H24FN5O2S/c1-13-9-10-16(11-14(13)2)25-19(29)12-31-22-27-26-20(28(22)4)15(3)24-21(30)17-7-5-6-8-18(17)23/h5-11,15H,12H2,1-4H3,(H,24,30)(H,25,29)/t15-/m1/s1. The Morgan fingerprint density at radius 2 is 1.87 bits per heavy atom. The Morgan fingerprint density at radius 3 is 2.58 bits per heavy atom. The first-order valence-corrected chi connectivity index (χ1v) is 10.7. The lowest BCUT2D eigenvalue weighted by atomic mass is 10.1. The van der Waals surface area contributed by atoms with Crippen molar-refractivity contribution in [1.29, 1.82) is 0 Å². The van der Waals surface area contributed by atoms with Crippen LogP contribution < -0.4 is 10.6 Å². The molecular formula is C22H24FN5O2S. The highest BCUT2D eigenvalue weighted by Crippen LogP contribution is 2.20.